The van der Waals surface area contributed by atoms with Crippen LogP contribution in [0.2, 0.25) is 0 Å². The van der Waals surface area contributed by atoms with Crippen molar-refractivity contribution in [3.05, 3.63) is 64.5 Å². The van der Waals surface area contributed by atoms with Gasteiger partial charge >= 0.3 is 5.76 Å². The van der Waals surface area contributed by atoms with E-state index < -0.39 is 5.76 Å². The Balaban J connectivity index is 1.64. The number of hydrogen-bond acceptors (Lipinski definition) is 6. The number of methoxy groups -OCH3 is 1. The minimum Gasteiger partial charge on any atom is -0.496 e. The van der Waals surface area contributed by atoms with Crippen molar-refractivity contribution in [3.63, 3.8) is 0 Å². The molecule has 2 aromatic heterocycles. The van der Waals surface area contributed by atoms with Gasteiger partial charge < -0.3 is 13.7 Å². The molecular weight excluding hydrogens is 334 g/mol. The molecule has 4 rings (SSSR count). The Morgan fingerprint density at radius 1 is 1.15 bits per heavy atom. The van der Waals surface area contributed by atoms with Crippen LogP contribution < -0.4 is 10.5 Å². The van der Waals surface area contributed by atoms with Crippen molar-refractivity contribution in [3.8, 4) is 17.1 Å². The monoisotopic (exact) mass is 349 g/mol. The minimum atomic E-state index is -0.411. The van der Waals surface area contributed by atoms with E-state index in [9.17, 15) is 4.79 Å². The SMILES string of the molecule is COc1ccccc1/C=C/c1nc(-c2ccc3c(c2)oc(=O)n3C)no1. The van der Waals surface area contributed by atoms with E-state index in [1.54, 1.807) is 32.4 Å². The van der Waals surface area contributed by atoms with Gasteiger partial charge in [-0.05, 0) is 30.3 Å². The molecule has 0 atom stereocenters. The van der Waals surface area contributed by atoms with Crippen molar-refractivity contribution in [2.24, 2.45) is 7.05 Å². The van der Waals surface area contributed by atoms with Gasteiger partial charge in [-0.15, -0.1) is 0 Å². The van der Waals surface area contributed by atoms with Crippen LogP contribution in [0.4, 0.5) is 0 Å². The van der Waals surface area contributed by atoms with E-state index >= 15 is 0 Å². The Morgan fingerprint density at radius 3 is 2.85 bits per heavy atom. The molecule has 4 aromatic rings. The molecular formula is C19H15N3O4. The third kappa shape index (κ3) is 2.79. The van der Waals surface area contributed by atoms with Gasteiger partial charge in [0.25, 0.3) is 5.89 Å². The largest absolute Gasteiger partial charge is 0.496 e. The molecule has 0 aliphatic heterocycles. The topological polar surface area (TPSA) is 83.3 Å². The van der Waals surface area contributed by atoms with Gasteiger partial charge in [0, 0.05) is 24.3 Å². The predicted molar refractivity (Wildman–Crippen MR) is 96.7 cm³/mol. The smallest absolute Gasteiger partial charge is 0.419 e. The number of fused-ring (bicyclic) bond motifs is 1. The summed E-state index contributed by atoms with van der Waals surface area (Å²) in [7, 11) is 3.28. The molecule has 7 nitrogen and oxygen atoms in total. The highest BCUT2D eigenvalue weighted by molar-refractivity contribution is 5.79. The maximum atomic E-state index is 11.6. The number of para-hydroxylation sites is 1. The summed E-state index contributed by atoms with van der Waals surface area (Å²) in [5, 5.41) is 3.98. The second-order valence-corrected chi connectivity index (χ2v) is 5.64. The Labute approximate surface area is 148 Å². The van der Waals surface area contributed by atoms with Crippen LogP contribution >= 0.6 is 0 Å². The summed E-state index contributed by atoms with van der Waals surface area (Å²) >= 11 is 0. The molecule has 26 heavy (non-hydrogen) atoms. The maximum absolute atomic E-state index is 11.6. The molecule has 0 amide bonds. The highest BCUT2D eigenvalue weighted by Crippen LogP contribution is 2.23. The van der Waals surface area contributed by atoms with Crippen molar-refractivity contribution >= 4 is 23.3 Å². The van der Waals surface area contributed by atoms with Crippen LogP contribution in [0.3, 0.4) is 0 Å². The van der Waals surface area contributed by atoms with E-state index in [2.05, 4.69) is 10.1 Å². The lowest BCUT2D eigenvalue weighted by Crippen LogP contribution is -2.08. The molecule has 0 bridgehead atoms. The first kappa shape index (κ1) is 15.9. The zero-order valence-electron chi connectivity index (χ0n) is 14.2. The van der Waals surface area contributed by atoms with E-state index in [0.29, 0.717) is 28.4 Å². The van der Waals surface area contributed by atoms with Gasteiger partial charge in [0.1, 0.15) is 5.75 Å². The van der Waals surface area contributed by atoms with Crippen LogP contribution in [-0.4, -0.2) is 21.8 Å². The highest BCUT2D eigenvalue weighted by Gasteiger charge is 2.11. The summed E-state index contributed by atoms with van der Waals surface area (Å²) in [5.74, 6) is 1.12. The van der Waals surface area contributed by atoms with Crippen LogP contribution in [0.15, 0.2) is 56.2 Å². The Kier molecular flexibility index (Phi) is 3.89. The number of rotatable bonds is 4. The molecule has 0 aliphatic carbocycles. The van der Waals surface area contributed by atoms with Gasteiger partial charge in [-0.3, -0.25) is 4.57 Å². The second kappa shape index (κ2) is 6.36. The fraction of sp³-hybridized carbons (Fsp3) is 0.105. The number of benzene rings is 2. The Morgan fingerprint density at radius 2 is 2.00 bits per heavy atom. The summed E-state index contributed by atoms with van der Waals surface area (Å²) in [5.41, 5.74) is 2.79. The van der Waals surface area contributed by atoms with E-state index in [0.717, 1.165) is 11.3 Å². The molecule has 2 aromatic carbocycles. The quantitative estimate of drug-likeness (QED) is 0.562. The number of aromatic nitrogens is 3. The van der Waals surface area contributed by atoms with Gasteiger partial charge in [0.2, 0.25) is 5.82 Å². The van der Waals surface area contributed by atoms with Crippen LogP contribution in [-0.2, 0) is 7.05 Å². The first-order valence-electron chi connectivity index (χ1n) is 7.90. The molecule has 0 unspecified atom stereocenters. The van der Waals surface area contributed by atoms with Gasteiger partial charge in [-0.1, -0.05) is 23.4 Å². The molecule has 2 heterocycles. The molecule has 7 heteroatoms. The molecule has 130 valence electrons. The zero-order chi connectivity index (χ0) is 18.1. The molecule has 0 N–H and O–H groups in total. The second-order valence-electron chi connectivity index (χ2n) is 5.64. The van der Waals surface area contributed by atoms with E-state index in [1.807, 2.05) is 36.4 Å². The van der Waals surface area contributed by atoms with Gasteiger partial charge in [0.05, 0.1) is 12.6 Å². The summed E-state index contributed by atoms with van der Waals surface area (Å²) in [6.45, 7) is 0. The number of aryl methyl sites for hydroxylation is 1. The fourth-order valence-electron chi connectivity index (χ4n) is 2.66. The van der Waals surface area contributed by atoms with Gasteiger partial charge in [-0.2, -0.15) is 4.98 Å². The van der Waals surface area contributed by atoms with Crippen molar-refractivity contribution in [1.82, 2.24) is 14.7 Å². The van der Waals surface area contributed by atoms with Crippen molar-refractivity contribution in [2.45, 2.75) is 0 Å². The summed E-state index contributed by atoms with van der Waals surface area (Å²) in [4.78, 5) is 15.9. The Hall–Kier alpha value is -3.61. The molecule has 0 saturated heterocycles. The van der Waals surface area contributed by atoms with Gasteiger partial charge in [0.15, 0.2) is 5.58 Å². The lowest BCUT2D eigenvalue weighted by Gasteiger charge is -2.02. The van der Waals surface area contributed by atoms with Crippen LogP contribution in [0, 0.1) is 0 Å². The molecule has 0 spiro atoms. The number of oxazole rings is 1. The normalized spacial score (nSPS) is 11.5. The highest BCUT2D eigenvalue weighted by atomic mass is 16.5. The lowest BCUT2D eigenvalue weighted by atomic mass is 10.2. The third-order valence-corrected chi connectivity index (χ3v) is 4.04. The Bertz CT molecular complexity index is 1170. The standard InChI is InChI=1S/C19H15N3O4/c1-22-14-9-7-13(11-16(14)25-19(22)23)18-20-17(26-21-18)10-8-12-5-3-4-6-15(12)24-2/h3-11H,1-2H3/b10-8+. The van der Waals surface area contributed by atoms with Crippen molar-refractivity contribution in [2.75, 3.05) is 7.11 Å². The zero-order valence-corrected chi connectivity index (χ0v) is 14.2. The summed E-state index contributed by atoms with van der Waals surface area (Å²) < 4.78 is 17.2. The van der Waals surface area contributed by atoms with E-state index in [4.69, 9.17) is 13.7 Å². The van der Waals surface area contributed by atoms with E-state index in [-0.39, 0.29) is 0 Å². The molecule has 0 radical (unpaired) electrons. The lowest BCUT2D eigenvalue weighted by molar-refractivity contribution is 0.411. The minimum absolute atomic E-state index is 0.362. The number of hydrogen-bond donors (Lipinski definition) is 0. The molecule has 0 aliphatic rings. The average Bonchev–Trinajstić information content (AvgIpc) is 3.25. The predicted octanol–water partition coefficient (Wildman–Crippen LogP) is 3.36. The number of ether oxygens (including phenoxy) is 1. The first-order chi connectivity index (χ1) is 12.7. The molecule has 0 fully saturated rings. The average molecular weight is 349 g/mol. The molecule has 0 saturated carbocycles. The first-order valence-corrected chi connectivity index (χ1v) is 7.90. The van der Waals surface area contributed by atoms with Crippen LogP contribution in [0.25, 0.3) is 34.6 Å². The fourth-order valence-corrected chi connectivity index (χ4v) is 2.66. The maximum Gasteiger partial charge on any atom is 0.419 e. The van der Waals surface area contributed by atoms with Crippen LogP contribution in [0.1, 0.15) is 11.5 Å². The van der Waals surface area contributed by atoms with E-state index in [1.165, 1.54) is 4.57 Å². The van der Waals surface area contributed by atoms with Crippen molar-refractivity contribution in [1.29, 1.82) is 0 Å². The van der Waals surface area contributed by atoms with Crippen molar-refractivity contribution < 1.29 is 13.7 Å². The summed E-state index contributed by atoms with van der Waals surface area (Å²) in [6, 6.07) is 12.9. The number of nitrogens with zero attached hydrogens (tertiary/aromatic N) is 3. The third-order valence-electron chi connectivity index (χ3n) is 4.04. The van der Waals surface area contributed by atoms with Crippen LogP contribution in [0.5, 0.6) is 5.75 Å². The van der Waals surface area contributed by atoms with Gasteiger partial charge in [-0.25, -0.2) is 4.79 Å². The summed E-state index contributed by atoms with van der Waals surface area (Å²) in [6.07, 6.45) is 3.56.